The smallest absolute Gasteiger partial charge is 0.245 e. The molecular formula is C24H32N6O4S. The first-order valence-electron chi connectivity index (χ1n) is 12.1. The van der Waals surface area contributed by atoms with Gasteiger partial charge in [-0.1, -0.05) is 38.1 Å². The van der Waals surface area contributed by atoms with Crippen LogP contribution in [0.25, 0.3) is 11.0 Å². The molecule has 10 nitrogen and oxygen atoms in total. The third-order valence-electron chi connectivity index (χ3n) is 8.12. The lowest BCUT2D eigenvalue weighted by Gasteiger charge is -2.40. The van der Waals surface area contributed by atoms with Crippen LogP contribution in [-0.4, -0.2) is 78.5 Å². The number of hydrogen-bond donors (Lipinski definition) is 3. The molecule has 2 aromatic rings. The Morgan fingerprint density at radius 3 is 2.71 bits per heavy atom. The number of para-hydroxylation sites is 1. The van der Waals surface area contributed by atoms with Gasteiger partial charge in [0.25, 0.3) is 0 Å². The maximum absolute atomic E-state index is 14.0. The van der Waals surface area contributed by atoms with E-state index in [0.717, 1.165) is 17.5 Å². The third kappa shape index (κ3) is 3.38. The van der Waals surface area contributed by atoms with Crippen molar-refractivity contribution in [2.24, 2.45) is 23.7 Å². The van der Waals surface area contributed by atoms with E-state index in [1.165, 1.54) is 0 Å². The van der Waals surface area contributed by atoms with Crippen LogP contribution in [0.4, 0.5) is 0 Å². The lowest BCUT2D eigenvalue weighted by Crippen LogP contribution is -2.59. The van der Waals surface area contributed by atoms with Gasteiger partial charge < -0.3 is 20.6 Å². The summed E-state index contributed by atoms with van der Waals surface area (Å²) in [6.07, 6.45) is 0.767. The number of aromatic nitrogens is 3. The summed E-state index contributed by atoms with van der Waals surface area (Å²) in [5.74, 6) is -1.75. The number of carbonyl (C=O) groups is 3. The van der Waals surface area contributed by atoms with E-state index in [0.29, 0.717) is 0 Å². The first-order valence-corrected chi connectivity index (χ1v) is 13.0. The molecule has 2 bridgehead atoms. The molecule has 0 aliphatic carbocycles. The van der Waals surface area contributed by atoms with Gasteiger partial charge in [-0.3, -0.25) is 14.4 Å². The number of nitrogens with zero attached hydrogens (tertiary/aromatic N) is 4. The number of carbonyl (C=O) groups excluding carboxylic acids is 3. The van der Waals surface area contributed by atoms with E-state index in [1.807, 2.05) is 38.1 Å². The Kier molecular flexibility index (Phi) is 6.03. The standard InChI is InChI=1S/C24H32N6O4S/c1-12(2)16(10-31)30-20(22(33)26-11-29-15-8-6-5-7-14(15)27-28-29)24-13(3)9-17(35-24)18(21(32)25-4)19(24)23(30)34/h5-8,12-13,16-20,31H,9-11H2,1-4H3,(H,25,32)(H,26,33)/t13?,16-,17-,18+,19-,20?,24?/m0/s1. The fourth-order valence-corrected chi connectivity index (χ4v) is 8.90. The van der Waals surface area contributed by atoms with Crippen LogP contribution in [0, 0.1) is 23.7 Å². The highest BCUT2D eigenvalue weighted by atomic mass is 32.2. The lowest BCUT2D eigenvalue weighted by atomic mass is 9.66. The number of likely N-dealkylation sites (tertiary alicyclic amines) is 1. The van der Waals surface area contributed by atoms with Crippen LogP contribution in [0.1, 0.15) is 27.2 Å². The van der Waals surface area contributed by atoms with Crippen molar-refractivity contribution >= 4 is 40.5 Å². The molecule has 0 saturated carbocycles. The molecule has 0 radical (unpaired) electrons. The zero-order valence-corrected chi connectivity index (χ0v) is 21.2. The van der Waals surface area contributed by atoms with E-state index in [1.54, 1.807) is 28.4 Å². The summed E-state index contributed by atoms with van der Waals surface area (Å²) >= 11 is 1.62. The second-order valence-electron chi connectivity index (χ2n) is 10.2. The molecule has 3 fully saturated rings. The predicted molar refractivity (Wildman–Crippen MR) is 131 cm³/mol. The molecule has 5 rings (SSSR count). The van der Waals surface area contributed by atoms with Gasteiger partial charge in [0, 0.05) is 12.3 Å². The Morgan fingerprint density at radius 1 is 1.29 bits per heavy atom. The van der Waals surface area contributed by atoms with Crippen molar-refractivity contribution in [2.75, 3.05) is 13.7 Å². The monoisotopic (exact) mass is 500 g/mol. The zero-order valence-electron chi connectivity index (χ0n) is 20.3. The van der Waals surface area contributed by atoms with Gasteiger partial charge in [-0.2, -0.15) is 0 Å². The van der Waals surface area contributed by atoms with Crippen LogP contribution in [0.2, 0.25) is 0 Å². The van der Waals surface area contributed by atoms with Crippen LogP contribution in [0.5, 0.6) is 0 Å². The van der Waals surface area contributed by atoms with Crippen LogP contribution in [-0.2, 0) is 21.1 Å². The van der Waals surface area contributed by atoms with Gasteiger partial charge >= 0.3 is 0 Å². The SMILES string of the molecule is CNC(=O)[C@@H]1[C@@H]2CC(C)C3(S2)C(C(=O)NCn2nnc4ccccc42)N([C@@H](CO)C(C)C)C(=O)[C@H]13. The topological polar surface area (TPSA) is 129 Å². The molecule has 3 aliphatic heterocycles. The van der Waals surface area contributed by atoms with Crippen molar-refractivity contribution in [2.45, 2.75) is 55.9 Å². The molecule has 3 unspecified atom stereocenters. The number of amides is 3. The minimum Gasteiger partial charge on any atom is -0.394 e. The van der Waals surface area contributed by atoms with Crippen molar-refractivity contribution in [3.05, 3.63) is 24.3 Å². The van der Waals surface area contributed by atoms with Gasteiger partial charge in [0.15, 0.2) is 0 Å². The molecule has 4 heterocycles. The average Bonchev–Trinajstić information content (AvgIpc) is 3.55. The van der Waals surface area contributed by atoms with Crippen molar-refractivity contribution in [3.63, 3.8) is 0 Å². The number of aliphatic hydroxyl groups is 1. The Balaban J connectivity index is 1.52. The minimum absolute atomic E-state index is 0.0118. The first-order chi connectivity index (χ1) is 16.8. The number of benzene rings is 1. The van der Waals surface area contributed by atoms with Gasteiger partial charge in [0.2, 0.25) is 17.7 Å². The van der Waals surface area contributed by atoms with Crippen LogP contribution in [0.15, 0.2) is 24.3 Å². The summed E-state index contributed by atoms with van der Waals surface area (Å²) in [7, 11) is 1.59. The Labute approximate surface area is 208 Å². The molecule has 3 N–H and O–H groups in total. The van der Waals surface area contributed by atoms with Crippen molar-refractivity contribution in [1.82, 2.24) is 30.5 Å². The predicted octanol–water partition coefficient (Wildman–Crippen LogP) is 0.605. The molecule has 1 spiro atoms. The summed E-state index contributed by atoms with van der Waals surface area (Å²) < 4.78 is 0.890. The Morgan fingerprint density at radius 2 is 2.03 bits per heavy atom. The fourth-order valence-electron chi connectivity index (χ4n) is 6.49. The molecule has 3 amide bonds. The van der Waals surface area contributed by atoms with Crippen molar-refractivity contribution in [3.8, 4) is 0 Å². The van der Waals surface area contributed by atoms with Gasteiger partial charge in [-0.05, 0) is 30.4 Å². The summed E-state index contributed by atoms with van der Waals surface area (Å²) in [5, 5.41) is 24.3. The molecule has 1 aromatic carbocycles. The lowest BCUT2D eigenvalue weighted by molar-refractivity contribution is -0.143. The maximum atomic E-state index is 14.0. The van der Waals surface area contributed by atoms with E-state index in [4.69, 9.17) is 0 Å². The highest BCUT2D eigenvalue weighted by Gasteiger charge is 2.76. The highest BCUT2D eigenvalue weighted by molar-refractivity contribution is 8.02. The van der Waals surface area contributed by atoms with E-state index >= 15 is 0 Å². The van der Waals surface area contributed by atoms with E-state index in [2.05, 4.69) is 27.9 Å². The largest absolute Gasteiger partial charge is 0.394 e. The Bertz CT molecular complexity index is 1170. The average molecular weight is 501 g/mol. The minimum atomic E-state index is -0.797. The summed E-state index contributed by atoms with van der Waals surface area (Å²) in [5.41, 5.74) is 1.52. The van der Waals surface area contributed by atoms with Gasteiger partial charge in [-0.25, -0.2) is 4.68 Å². The van der Waals surface area contributed by atoms with Gasteiger partial charge in [0.05, 0.1) is 34.7 Å². The van der Waals surface area contributed by atoms with Gasteiger partial charge in [-0.15, -0.1) is 16.9 Å². The molecule has 11 heteroatoms. The summed E-state index contributed by atoms with van der Waals surface area (Å²) in [4.78, 5) is 42.4. The summed E-state index contributed by atoms with van der Waals surface area (Å²) in [6, 6.07) is 6.17. The molecule has 3 aliphatic rings. The molecular weight excluding hydrogens is 468 g/mol. The van der Waals surface area contributed by atoms with E-state index in [9.17, 15) is 19.5 Å². The molecule has 7 atom stereocenters. The molecule has 3 saturated heterocycles. The van der Waals surface area contributed by atoms with Crippen molar-refractivity contribution < 1.29 is 19.5 Å². The van der Waals surface area contributed by atoms with Crippen LogP contribution >= 0.6 is 11.8 Å². The van der Waals surface area contributed by atoms with Crippen LogP contribution < -0.4 is 10.6 Å². The zero-order chi connectivity index (χ0) is 25.1. The van der Waals surface area contributed by atoms with E-state index in [-0.39, 0.29) is 48.1 Å². The molecule has 35 heavy (non-hydrogen) atoms. The quantitative estimate of drug-likeness (QED) is 0.508. The third-order valence-corrected chi connectivity index (χ3v) is 10.2. The Hall–Kier alpha value is -2.66. The normalized spacial score (nSPS) is 32.3. The number of nitrogens with one attached hydrogen (secondary N) is 2. The number of aliphatic hydroxyl groups excluding tert-OH is 1. The molecule has 188 valence electrons. The number of rotatable bonds is 7. The number of fused-ring (bicyclic) bond motifs is 2. The van der Waals surface area contributed by atoms with Crippen molar-refractivity contribution in [1.29, 1.82) is 0 Å². The molecule has 1 aromatic heterocycles. The van der Waals surface area contributed by atoms with Gasteiger partial charge in [0.1, 0.15) is 18.2 Å². The number of thioether (sulfide) groups is 1. The first kappa shape index (κ1) is 24.1. The summed E-state index contributed by atoms with van der Waals surface area (Å²) in [6.45, 7) is 5.79. The number of hydrogen-bond acceptors (Lipinski definition) is 7. The second kappa shape index (κ2) is 8.77. The van der Waals surface area contributed by atoms with Crippen LogP contribution in [0.3, 0.4) is 0 Å². The maximum Gasteiger partial charge on any atom is 0.245 e. The second-order valence-corrected chi connectivity index (χ2v) is 11.7. The fraction of sp³-hybridized carbons (Fsp3) is 0.625. The van der Waals surface area contributed by atoms with E-state index < -0.39 is 28.7 Å². The highest BCUT2D eigenvalue weighted by Crippen LogP contribution is 2.68.